The average Bonchev–Trinajstić information content (AvgIpc) is 0.738. The van der Waals surface area contributed by atoms with Gasteiger partial charge in [0, 0.05) is 0 Å². The smallest absolute Gasteiger partial charge is 0.00264 e. The molecule has 0 heterocycles. The molecule has 0 radical (unpaired) electrons. The molecule has 20 aromatic rings. The molecular formula is C120H84. The van der Waals surface area contributed by atoms with E-state index in [1.54, 1.807) is 0 Å². The van der Waals surface area contributed by atoms with Crippen molar-refractivity contribution in [3.05, 3.63) is 552 Å². The Balaban J connectivity index is 0.000000162. The van der Waals surface area contributed by atoms with Crippen LogP contribution >= 0.6 is 0 Å². The van der Waals surface area contributed by atoms with Crippen molar-refractivity contribution in [3.8, 4) is 66.8 Å². The average molecular weight is 1530 g/mol. The summed E-state index contributed by atoms with van der Waals surface area (Å²) in [5, 5.41) is 10.0. The van der Waals surface area contributed by atoms with E-state index in [1.165, 1.54) is 199 Å². The molecule has 0 atom stereocenters. The molecular weight excluding hydrogens is 1440 g/mol. The number of hydrogen-bond acceptors (Lipinski definition) is 0. The van der Waals surface area contributed by atoms with Crippen LogP contribution in [0.4, 0.5) is 0 Å². The van der Waals surface area contributed by atoms with E-state index in [9.17, 15) is 0 Å². The first-order valence-corrected chi connectivity index (χ1v) is 41.3. The lowest BCUT2D eigenvalue weighted by atomic mass is 9.85. The third kappa shape index (κ3) is 16.0. The maximum atomic E-state index is 2.30. The van der Waals surface area contributed by atoms with Gasteiger partial charge in [0.15, 0.2) is 0 Å². The molecule has 20 aromatic carbocycles. The van der Waals surface area contributed by atoms with Crippen LogP contribution in [0.1, 0.15) is 66.8 Å². The fourth-order valence-corrected chi connectivity index (χ4v) is 17.1. The molecule has 0 N–H and O–H groups in total. The van der Waals surface area contributed by atoms with E-state index in [0.29, 0.717) is 0 Å². The number of rotatable bonds is 18. The molecule has 0 amide bonds. The first kappa shape index (κ1) is 74.5. The van der Waals surface area contributed by atoms with Crippen LogP contribution in [-0.2, 0) is 0 Å². The predicted octanol–water partition coefficient (Wildman–Crippen LogP) is 32.3. The minimum Gasteiger partial charge on any atom is -0.0622 e. The molecule has 0 heteroatoms. The first-order valence-electron chi connectivity index (χ1n) is 41.3. The molecule has 0 spiro atoms. The standard InChI is InChI=1S/C66H46.C54H38/c1-5-17-53(18-6-1)63(54-19-7-2-8-20-54)45-47-29-33-49(34-30-47)51-37-41-57(42-38-51)65-59-25-13-15-27-61(59)66(62-28-16-14-26-60(62)65)58-43-39-52(40-44-58)50-35-31-48(32-36-50)46-64(55-21-9-3-10-22-55)56-23-11-4-12-24-56;1-5-17-41(18-6-1)51(42-19-7-2-8-20-42)37-39-29-33-45(34-30-39)53-47-25-13-15-27-49(47)54(50-28-16-14-26-48(50)53)46-35-31-40(32-36-46)38-52(43-21-9-3-10-22-43)44-23-11-4-12-24-44/h1-46H;1-38H. The third-order valence-electron chi connectivity index (χ3n) is 23.0. The molecule has 0 aliphatic carbocycles. The van der Waals surface area contributed by atoms with Crippen molar-refractivity contribution in [2.45, 2.75) is 0 Å². The predicted molar refractivity (Wildman–Crippen MR) is 515 cm³/mol. The highest BCUT2D eigenvalue weighted by Crippen LogP contribution is 2.47. The van der Waals surface area contributed by atoms with Crippen LogP contribution in [0.25, 0.3) is 156 Å². The lowest BCUT2D eigenvalue weighted by Gasteiger charge is -2.18. The Kier molecular flexibility index (Phi) is 21.6. The summed E-state index contributed by atoms with van der Waals surface area (Å²) in [7, 11) is 0. The fourth-order valence-electron chi connectivity index (χ4n) is 17.1. The molecule has 0 unspecified atom stereocenters. The second kappa shape index (κ2) is 34.8. The second-order valence-corrected chi connectivity index (χ2v) is 30.5. The van der Waals surface area contributed by atoms with E-state index >= 15 is 0 Å². The molecule has 0 aromatic heterocycles. The summed E-state index contributed by atoms with van der Waals surface area (Å²) in [5.74, 6) is 0. The summed E-state index contributed by atoms with van der Waals surface area (Å²) in [6, 6.07) is 175. The minimum absolute atomic E-state index is 1.17. The summed E-state index contributed by atoms with van der Waals surface area (Å²) >= 11 is 0. The maximum absolute atomic E-state index is 2.30. The summed E-state index contributed by atoms with van der Waals surface area (Å²) in [6.07, 6.45) is 9.18. The largest absolute Gasteiger partial charge is 0.0622 e. The Labute approximate surface area is 703 Å². The van der Waals surface area contributed by atoms with Crippen molar-refractivity contribution in [1.29, 1.82) is 0 Å². The van der Waals surface area contributed by atoms with Crippen molar-refractivity contribution in [2.75, 3.05) is 0 Å². The SMILES string of the molecule is C(=C(c1ccccc1)c1ccccc1)c1ccc(-c2c3ccccc3c(-c3ccc(C=C(c4ccccc4)c4ccccc4)cc3)c3ccccc23)cc1.C(=C(c1ccccc1)c1ccccc1)c1ccc(-c2ccc(-c3c4ccccc4c(-c4ccc(-c5ccc(C=C(c6ccccc6)c6ccccc6)cc5)cc4)c4ccccc34)cc2)cc1. The zero-order valence-electron chi connectivity index (χ0n) is 66.5. The van der Waals surface area contributed by atoms with Crippen molar-refractivity contribution < 1.29 is 0 Å². The van der Waals surface area contributed by atoms with Gasteiger partial charge in [-0.2, -0.15) is 0 Å². The Morgan fingerprint density at radius 1 is 0.108 bits per heavy atom. The van der Waals surface area contributed by atoms with Gasteiger partial charge in [-0.15, -0.1) is 0 Å². The van der Waals surface area contributed by atoms with Crippen molar-refractivity contribution >= 4 is 89.7 Å². The molecule has 0 bridgehead atoms. The van der Waals surface area contributed by atoms with Gasteiger partial charge in [-0.25, -0.2) is 0 Å². The highest BCUT2D eigenvalue weighted by atomic mass is 14.2. The van der Waals surface area contributed by atoms with E-state index in [-0.39, 0.29) is 0 Å². The molecule has 0 aliphatic rings. The highest BCUT2D eigenvalue weighted by Gasteiger charge is 2.21. The van der Waals surface area contributed by atoms with E-state index in [2.05, 4.69) is 510 Å². The second-order valence-electron chi connectivity index (χ2n) is 30.5. The van der Waals surface area contributed by atoms with Crippen LogP contribution < -0.4 is 0 Å². The first-order chi connectivity index (χ1) is 59.5. The number of benzene rings is 20. The molecule has 0 nitrogen and oxygen atoms in total. The molecule has 0 saturated carbocycles. The Hall–Kier alpha value is -15.6. The van der Waals surface area contributed by atoms with Gasteiger partial charge in [-0.1, -0.05) is 485 Å². The summed E-state index contributed by atoms with van der Waals surface area (Å²) in [6.45, 7) is 0. The fraction of sp³-hybridized carbons (Fsp3) is 0. The zero-order valence-corrected chi connectivity index (χ0v) is 66.5. The van der Waals surface area contributed by atoms with Gasteiger partial charge in [-0.3, -0.25) is 0 Å². The van der Waals surface area contributed by atoms with E-state index in [4.69, 9.17) is 0 Å². The third-order valence-corrected chi connectivity index (χ3v) is 23.0. The van der Waals surface area contributed by atoms with Gasteiger partial charge in [-0.05, 0) is 223 Å². The monoisotopic (exact) mass is 1520 g/mol. The van der Waals surface area contributed by atoms with Crippen LogP contribution in [0.15, 0.2) is 485 Å². The summed E-state index contributed by atoms with van der Waals surface area (Å²) < 4.78 is 0. The Morgan fingerprint density at radius 2 is 0.225 bits per heavy atom. The lowest BCUT2D eigenvalue weighted by molar-refractivity contribution is 1.55. The van der Waals surface area contributed by atoms with E-state index in [0.717, 1.165) is 0 Å². The van der Waals surface area contributed by atoms with Crippen molar-refractivity contribution in [1.82, 2.24) is 0 Å². The van der Waals surface area contributed by atoms with Gasteiger partial charge in [0.05, 0.1) is 0 Å². The minimum atomic E-state index is 1.17. The molecule has 0 aliphatic heterocycles. The van der Waals surface area contributed by atoms with Crippen LogP contribution in [0.2, 0.25) is 0 Å². The van der Waals surface area contributed by atoms with Gasteiger partial charge in [0.1, 0.15) is 0 Å². The highest BCUT2D eigenvalue weighted by molar-refractivity contribution is 6.23. The number of fused-ring (bicyclic) bond motifs is 4. The van der Waals surface area contributed by atoms with Crippen LogP contribution in [0.3, 0.4) is 0 Å². The molecule has 20 rings (SSSR count). The van der Waals surface area contributed by atoms with Crippen LogP contribution in [0.5, 0.6) is 0 Å². The molecule has 564 valence electrons. The zero-order chi connectivity index (χ0) is 80.2. The summed E-state index contributed by atoms with van der Waals surface area (Å²) in [5.41, 5.74) is 33.9. The van der Waals surface area contributed by atoms with Gasteiger partial charge in [0.2, 0.25) is 0 Å². The van der Waals surface area contributed by atoms with Gasteiger partial charge >= 0.3 is 0 Å². The Bertz CT molecular complexity index is 6360. The number of hydrogen-bond donors (Lipinski definition) is 0. The maximum Gasteiger partial charge on any atom is -0.00264 e. The van der Waals surface area contributed by atoms with Crippen LogP contribution in [0, 0.1) is 0 Å². The quantitative estimate of drug-likeness (QED) is 0.0593. The van der Waals surface area contributed by atoms with Crippen molar-refractivity contribution in [3.63, 3.8) is 0 Å². The van der Waals surface area contributed by atoms with Gasteiger partial charge < -0.3 is 0 Å². The molecule has 0 fully saturated rings. The van der Waals surface area contributed by atoms with Gasteiger partial charge in [0.25, 0.3) is 0 Å². The molecule has 120 heavy (non-hydrogen) atoms. The Morgan fingerprint density at radius 3 is 0.375 bits per heavy atom. The van der Waals surface area contributed by atoms with Crippen molar-refractivity contribution in [2.24, 2.45) is 0 Å². The topological polar surface area (TPSA) is 0 Å². The molecule has 0 saturated heterocycles. The van der Waals surface area contributed by atoms with E-state index in [1.807, 2.05) is 0 Å². The van der Waals surface area contributed by atoms with E-state index < -0.39 is 0 Å². The summed E-state index contributed by atoms with van der Waals surface area (Å²) in [4.78, 5) is 0. The van der Waals surface area contributed by atoms with Crippen LogP contribution in [-0.4, -0.2) is 0 Å². The lowest BCUT2D eigenvalue weighted by Crippen LogP contribution is -1.91. The normalized spacial score (nSPS) is 11.0.